The summed E-state index contributed by atoms with van der Waals surface area (Å²) in [5.41, 5.74) is 3.67. The van der Waals surface area contributed by atoms with Crippen LogP contribution < -0.4 is 5.56 Å². The van der Waals surface area contributed by atoms with Gasteiger partial charge in [0.25, 0.3) is 5.56 Å². The number of likely N-dealkylation sites (N-methyl/N-ethyl adjacent to an activating group) is 1. The van der Waals surface area contributed by atoms with Crippen LogP contribution in [0, 0.1) is 0 Å². The summed E-state index contributed by atoms with van der Waals surface area (Å²) < 4.78 is 0.690. The molecule has 4 rings (SSSR count). The fourth-order valence-corrected chi connectivity index (χ4v) is 4.59. The molecule has 0 bridgehead atoms. The highest BCUT2D eigenvalue weighted by molar-refractivity contribution is 7.17. The Labute approximate surface area is 180 Å². The molecule has 6 heteroatoms. The molecule has 0 atom stereocenters. The van der Waals surface area contributed by atoms with E-state index in [1.807, 2.05) is 11.4 Å². The molecule has 29 heavy (non-hydrogen) atoms. The Kier molecular flexibility index (Phi) is 6.63. The lowest BCUT2D eigenvalue weighted by Crippen LogP contribution is -2.25. The molecule has 0 radical (unpaired) electrons. The SMILES string of the molecule is CCN(CC)CCc1ccc(-c2c(O)ccc3[nH]c(=O)c4sccc4c23)cc1.Cl. The van der Waals surface area contributed by atoms with Gasteiger partial charge in [0.15, 0.2) is 0 Å². The van der Waals surface area contributed by atoms with E-state index in [4.69, 9.17) is 0 Å². The summed E-state index contributed by atoms with van der Waals surface area (Å²) in [6.07, 6.45) is 1.01. The second kappa shape index (κ2) is 8.99. The Balaban J connectivity index is 0.00000240. The summed E-state index contributed by atoms with van der Waals surface area (Å²) in [6, 6.07) is 13.8. The van der Waals surface area contributed by atoms with E-state index in [0.29, 0.717) is 4.70 Å². The standard InChI is InChI=1S/C23H24N2O2S.ClH/c1-3-25(4-2)13-11-15-5-7-16(8-6-15)20-19(26)10-9-18-21(20)17-12-14-28-22(17)23(27)24-18;/h5-10,12,14,26H,3-4,11,13H2,1-2H3,(H,24,27);1H. The topological polar surface area (TPSA) is 56.3 Å². The van der Waals surface area contributed by atoms with Crippen molar-refractivity contribution >= 4 is 44.7 Å². The van der Waals surface area contributed by atoms with Crippen LogP contribution in [0.1, 0.15) is 19.4 Å². The smallest absolute Gasteiger partial charge is 0.266 e. The van der Waals surface area contributed by atoms with Crippen LogP contribution in [0.4, 0.5) is 0 Å². The average molecular weight is 429 g/mol. The predicted octanol–water partition coefficient (Wildman–Crippen LogP) is 5.42. The minimum Gasteiger partial charge on any atom is -0.507 e. The van der Waals surface area contributed by atoms with Crippen LogP contribution >= 0.6 is 23.7 Å². The van der Waals surface area contributed by atoms with E-state index < -0.39 is 0 Å². The average Bonchev–Trinajstić information content (AvgIpc) is 3.21. The molecule has 0 unspecified atom stereocenters. The van der Waals surface area contributed by atoms with E-state index in [2.05, 4.69) is 48.0 Å². The van der Waals surface area contributed by atoms with Crippen molar-refractivity contribution in [3.05, 3.63) is 63.8 Å². The van der Waals surface area contributed by atoms with Crippen LogP contribution in [0.25, 0.3) is 32.1 Å². The molecule has 0 saturated carbocycles. The normalized spacial score (nSPS) is 11.3. The van der Waals surface area contributed by atoms with Gasteiger partial charge in [0.05, 0.1) is 0 Å². The number of nitrogens with one attached hydrogen (secondary N) is 1. The molecule has 2 heterocycles. The number of hydrogen-bond acceptors (Lipinski definition) is 4. The van der Waals surface area contributed by atoms with Gasteiger partial charge in [-0.3, -0.25) is 4.79 Å². The largest absolute Gasteiger partial charge is 0.507 e. The lowest BCUT2D eigenvalue weighted by atomic mass is 9.96. The molecule has 0 spiro atoms. The molecule has 0 aliphatic rings. The van der Waals surface area contributed by atoms with Gasteiger partial charge in [-0.1, -0.05) is 38.1 Å². The molecule has 2 aromatic carbocycles. The molecule has 0 saturated heterocycles. The van der Waals surface area contributed by atoms with Crippen molar-refractivity contribution in [2.75, 3.05) is 19.6 Å². The molecular formula is C23H25ClN2O2S. The molecule has 4 nitrogen and oxygen atoms in total. The van der Waals surface area contributed by atoms with Crippen LogP contribution in [0.15, 0.2) is 52.6 Å². The number of aromatic amines is 1. The zero-order valence-corrected chi connectivity index (χ0v) is 18.2. The number of nitrogens with zero attached hydrogens (tertiary/aromatic N) is 1. The number of thiophene rings is 1. The fourth-order valence-electron chi connectivity index (χ4n) is 3.79. The Hall–Kier alpha value is -2.34. The van der Waals surface area contributed by atoms with Gasteiger partial charge in [0.2, 0.25) is 0 Å². The van der Waals surface area contributed by atoms with E-state index in [0.717, 1.165) is 53.5 Å². The highest BCUT2D eigenvalue weighted by Crippen LogP contribution is 2.39. The van der Waals surface area contributed by atoms with Crippen LogP contribution in [-0.2, 0) is 6.42 Å². The molecule has 2 aromatic heterocycles. The third-order valence-electron chi connectivity index (χ3n) is 5.43. The maximum Gasteiger partial charge on any atom is 0.266 e. The van der Waals surface area contributed by atoms with Gasteiger partial charge in [-0.15, -0.1) is 23.7 Å². The number of phenolic OH excluding ortho intramolecular Hbond substituents is 1. The molecule has 0 fully saturated rings. The number of halogens is 1. The van der Waals surface area contributed by atoms with Crippen molar-refractivity contribution in [3.63, 3.8) is 0 Å². The molecule has 0 aliphatic heterocycles. The lowest BCUT2D eigenvalue weighted by molar-refractivity contribution is 0.308. The zero-order valence-electron chi connectivity index (χ0n) is 16.6. The fraction of sp³-hybridized carbons (Fsp3) is 0.261. The number of benzene rings is 2. The van der Waals surface area contributed by atoms with Crippen molar-refractivity contribution in [2.45, 2.75) is 20.3 Å². The van der Waals surface area contributed by atoms with Gasteiger partial charge in [-0.2, -0.15) is 0 Å². The lowest BCUT2D eigenvalue weighted by Gasteiger charge is -2.18. The summed E-state index contributed by atoms with van der Waals surface area (Å²) in [7, 11) is 0. The first-order chi connectivity index (χ1) is 13.6. The van der Waals surface area contributed by atoms with E-state index in [9.17, 15) is 9.90 Å². The van der Waals surface area contributed by atoms with E-state index in [1.54, 1.807) is 12.1 Å². The Morgan fingerprint density at radius 1 is 1.03 bits per heavy atom. The van der Waals surface area contributed by atoms with Gasteiger partial charge in [-0.25, -0.2) is 0 Å². The first-order valence-electron chi connectivity index (χ1n) is 9.69. The van der Waals surface area contributed by atoms with Gasteiger partial charge in [0.1, 0.15) is 10.4 Å². The maximum atomic E-state index is 12.3. The number of aromatic hydroxyl groups is 1. The predicted molar refractivity (Wildman–Crippen MR) is 126 cm³/mol. The molecule has 152 valence electrons. The first kappa shape index (κ1) is 21.4. The van der Waals surface area contributed by atoms with E-state index >= 15 is 0 Å². The summed E-state index contributed by atoms with van der Waals surface area (Å²) in [6.45, 7) is 7.54. The molecule has 0 amide bonds. The van der Waals surface area contributed by atoms with Crippen molar-refractivity contribution in [3.8, 4) is 16.9 Å². The number of phenols is 1. The minimum atomic E-state index is -0.0825. The Bertz CT molecular complexity index is 1180. The highest BCUT2D eigenvalue weighted by Gasteiger charge is 2.15. The van der Waals surface area contributed by atoms with Crippen molar-refractivity contribution in [1.29, 1.82) is 0 Å². The summed E-state index contributed by atoms with van der Waals surface area (Å²) in [5.74, 6) is 0.225. The van der Waals surface area contributed by atoms with Gasteiger partial charge in [0, 0.05) is 28.4 Å². The monoisotopic (exact) mass is 428 g/mol. The summed E-state index contributed by atoms with van der Waals surface area (Å²) in [5, 5.41) is 14.3. The number of H-pyrrole nitrogens is 1. The highest BCUT2D eigenvalue weighted by atomic mass is 35.5. The van der Waals surface area contributed by atoms with Crippen molar-refractivity contribution in [1.82, 2.24) is 9.88 Å². The molecular weight excluding hydrogens is 404 g/mol. The van der Waals surface area contributed by atoms with Gasteiger partial charge < -0.3 is 15.0 Å². The molecule has 0 aliphatic carbocycles. The third kappa shape index (κ3) is 4.04. The van der Waals surface area contributed by atoms with Crippen LogP contribution in [0.5, 0.6) is 5.75 Å². The van der Waals surface area contributed by atoms with Crippen LogP contribution in [0.3, 0.4) is 0 Å². The summed E-state index contributed by atoms with van der Waals surface area (Å²) >= 11 is 1.42. The van der Waals surface area contributed by atoms with Crippen LogP contribution in [-0.4, -0.2) is 34.6 Å². The third-order valence-corrected chi connectivity index (χ3v) is 6.34. The van der Waals surface area contributed by atoms with E-state index in [1.165, 1.54) is 16.9 Å². The van der Waals surface area contributed by atoms with Crippen molar-refractivity contribution in [2.24, 2.45) is 0 Å². The summed E-state index contributed by atoms with van der Waals surface area (Å²) in [4.78, 5) is 17.7. The van der Waals surface area contributed by atoms with Crippen molar-refractivity contribution < 1.29 is 5.11 Å². The minimum absolute atomic E-state index is 0. The second-order valence-corrected chi connectivity index (χ2v) is 7.89. The van der Waals surface area contributed by atoms with Gasteiger partial charge in [-0.05, 0) is 54.2 Å². The Morgan fingerprint density at radius 3 is 2.45 bits per heavy atom. The Morgan fingerprint density at radius 2 is 1.76 bits per heavy atom. The number of hydrogen-bond donors (Lipinski definition) is 2. The number of pyridine rings is 1. The maximum absolute atomic E-state index is 12.3. The molecule has 4 aromatic rings. The van der Waals surface area contributed by atoms with Crippen LogP contribution in [0.2, 0.25) is 0 Å². The number of fused-ring (bicyclic) bond motifs is 3. The zero-order chi connectivity index (χ0) is 19.7. The van der Waals surface area contributed by atoms with E-state index in [-0.39, 0.29) is 23.7 Å². The number of rotatable bonds is 6. The number of aromatic nitrogens is 1. The first-order valence-corrected chi connectivity index (χ1v) is 10.6. The quantitative estimate of drug-likeness (QED) is 0.431. The molecule has 2 N–H and O–H groups in total. The van der Waals surface area contributed by atoms with Gasteiger partial charge >= 0.3 is 0 Å². The second-order valence-electron chi connectivity index (χ2n) is 6.97.